The van der Waals surface area contributed by atoms with Crippen molar-refractivity contribution in [2.75, 3.05) is 6.61 Å². The number of halogens is 2. The molecule has 3 atom stereocenters. The molecule has 0 radical (unpaired) electrons. The monoisotopic (exact) mass is 822 g/mol. The average Bonchev–Trinajstić information content (AvgIpc) is 3.20. The molecule has 4 aromatic carbocycles. The number of amides is 3. The number of aryl methyl sites for hydroxylation is 1. The largest absolute Gasteiger partial charge is 0.489 e. The van der Waals surface area contributed by atoms with Gasteiger partial charge >= 0.3 is 12.0 Å². The average molecular weight is 824 g/mol. The molecule has 3 heterocycles. The van der Waals surface area contributed by atoms with E-state index >= 15 is 0 Å². The molecule has 0 saturated heterocycles. The Bertz CT molecular complexity index is 2340. The Labute approximate surface area is 347 Å². The smallest absolute Gasteiger partial charge is 0.326 e. The summed E-state index contributed by atoms with van der Waals surface area (Å²) >= 11 is 12.2. The van der Waals surface area contributed by atoms with Crippen LogP contribution in [-0.2, 0) is 35.6 Å². The number of pyridine rings is 1. The third-order valence-corrected chi connectivity index (χ3v) is 11.2. The number of nitrogens with one attached hydrogen (secondary N) is 2. The lowest BCUT2D eigenvalue weighted by Crippen LogP contribution is -2.58. The maximum Gasteiger partial charge on any atom is 0.326 e. The molecule has 3 N–H and O–H groups in total. The van der Waals surface area contributed by atoms with Crippen LogP contribution in [0.4, 0.5) is 4.79 Å². The van der Waals surface area contributed by atoms with E-state index in [0.717, 1.165) is 50.2 Å². The highest BCUT2D eigenvalue weighted by atomic mass is 35.5. The van der Waals surface area contributed by atoms with Gasteiger partial charge in [-0.3, -0.25) is 9.78 Å². The van der Waals surface area contributed by atoms with Gasteiger partial charge in [0.25, 0.3) is 0 Å². The highest BCUT2D eigenvalue weighted by Crippen LogP contribution is 2.41. The molecule has 5 aromatic rings. The summed E-state index contributed by atoms with van der Waals surface area (Å²) in [6, 6.07) is 23.4. The third-order valence-electron chi connectivity index (χ3n) is 10.4. The molecule has 0 aliphatic carbocycles. The first-order valence-electron chi connectivity index (χ1n) is 19.1. The number of carboxylic acids is 1. The highest BCUT2D eigenvalue weighted by molar-refractivity contribution is 6.42. The van der Waals surface area contributed by atoms with Crippen molar-refractivity contribution in [2.24, 2.45) is 0 Å². The highest BCUT2D eigenvalue weighted by Gasteiger charge is 2.38. The van der Waals surface area contributed by atoms with E-state index in [1.165, 1.54) is 4.90 Å². The molecule has 3 amide bonds. The first-order chi connectivity index (χ1) is 27.8. The number of ether oxygens (including phenoxy) is 3. The maximum absolute atomic E-state index is 14.0. The van der Waals surface area contributed by atoms with Gasteiger partial charge in [-0.2, -0.15) is 0 Å². The van der Waals surface area contributed by atoms with Crippen molar-refractivity contribution in [3.8, 4) is 28.4 Å². The number of nitrogens with zero attached hydrogens (tertiary/aromatic N) is 2. The number of carboxylic acid groups (broad SMARTS) is 1. The summed E-state index contributed by atoms with van der Waals surface area (Å²) < 4.78 is 18.6. The Balaban J connectivity index is 1.04. The van der Waals surface area contributed by atoms with Crippen molar-refractivity contribution in [1.82, 2.24) is 20.5 Å². The number of rotatable bonds is 11. The molecule has 11 nitrogen and oxygen atoms in total. The number of aromatic nitrogens is 1. The number of hydrogen-bond acceptors (Lipinski definition) is 7. The first-order valence-corrected chi connectivity index (χ1v) is 19.8. The fraction of sp³-hybridized carbons (Fsp3) is 0.289. The van der Waals surface area contributed by atoms with Gasteiger partial charge in [0.05, 0.1) is 10.0 Å². The summed E-state index contributed by atoms with van der Waals surface area (Å²) in [7, 11) is 0. The van der Waals surface area contributed by atoms with E-state index in [1.54, 1.807) is 18.3 Å². The Morgan fingerprint density at radius 1 is 0.897 bits per heavy atom. The van der Waals surface area contributed by atoms with Gasteiger partial charge in [0.2, 0.25) is 5.91 Å². The summed E-state index contributed by atoms with van der Waals surface area (Å²) in [5.41, 5.74) is 8.18. The number of benzene rings is 4. The van der Waals surface area contributed by atoms with Gasteiger partial charge in [-0.25, -0.2) is 9.59 Å². The molecule has 1 aromatic heterocycles. The SMILES string of the molecule is Cc1nccc(-c2ccc(CC(NC(=O)[C@@H]3Cc4cc5c(cc4CN3C(=O)NC(C)C)O[C@@H](c3ccc(OCc4ccc(Cl)c(Cl)c4)cc3)CO5)C(=O)O)cc2)c1C. The number of fused-ring (bicyclic) bond motifs is 2. The number of aliphatic carboxylic acids is 1. The van der Waals surface area contributed by atoms with Crippen LogP contribution in [0.5, 0.6) is 17.2 Å². The second-order valence-corrected chi connectivity index (χ2v) is 15.7. The van der Waals surface area contributed by atoms with Gasteiger partial charge in [-0.05, 0) is 115 Å². The molecule has 1 unspecified atom stereocenters. The summed E-state index contributed by atoms with van der Waals surface area (Å²) in [5, 5.41) is 16.8. The van der Waals surface area contributed by atoms with Crippen LogP contribution in [0.2, 0.25) is 10.0 Å². The van der Waals surface area contributed by atoms with Crippen molar-refractivity contribution in [3.05, 3.63) is 140 Å². The van der Waals surface area contributed by atoms with Gasteiger partial charge in [0, 0.05) is 37.3 Å². The molecule has 7 rings (SSSR count). The Morgan fingerprint density at radius 2 is 1.62 bits per heavy atom. The van der Waals surface area contributed by atoms with Gasteiger partial charge in [0.15, 0.2) is 17.6 Å². The number of urea groups is 1. The standard InChI is InChI=1S/C45H44Cl2N4O7/c1-25(2)49-45(55)51-22-33-21-41-40(57-24-42(58-41)31-10-12-34(13-11-31)56-23-29-7-14-36(46)37(47)17-29)20-32(33)19-39(51)43(52)50-38(44(53)54)18-28-5-8-30(9-6-28)35-15-16-48-27(4)26(35)3/h5-17,20-21,25,38-39,42H,18-19,22-24H2,1-4H3,(H,49,55)(H,50,52)(H,53,54)/t38?,39-,42+/m0/s1. The van der Waals surface area contributed by atoms with Crippen LogP contribution in [0, 0.1) is 13.8 Å². The molecular formula is C45H44Cl2N4O7. The summed E-state index contributed by atoms with van der Waals surface area (Å²) in [6.45, 7) is 8.33. The zero-order valence-electron chi connectivity index (χ0n) is 32.6. The van der Waals surface area contributed by atoms with Crippen molar-refractivity contribution >= 4 is 41.1 Å². The number of carbonyl (C=O) groups is 3. The van der Waals surface area contributed by atoms with Gasteiger partial charge in [-0.1, -0.05) is 65.7 Å². The fourth-order valence-corrected chi connectivity index (χ4v) is 7.47. The van der Waals surface area contributed by atoms with E-state index in [2.05, 4.69) is 15.6 Å². The topological polar surface area (TPSA) is 139 Å². The Hall–Kier alpha value is -5.78. The van der Waals surface area contributed by atoms with Crippen LogP contribution in [0.1, 0.15) is 59.0 Å². The second-order valence-electron chi connectivity index (χ2n) is 14.9. The first kappa shape index (κ1) is 40.4. The van der Waals surface area contributed by atoms with Crippen molar-refractivity contribution in [2.45, 2.75) is 77.9 Å². The minimum Gasteiger partial charge on any atom is -0.489 e. The predicted molar refractivity (Wildman–Crippen MR) is 222 cm³/mol. The third kappa shape index (κ3) is 9.16. The molecule has 300 valence electrons. The minimum absolute atomic E-state index is 0.0611. The second kappa shape index (κ2) is 17.4. The molecule has 58 heavy (non-hydrogen) atoms. The van der Waals surface area contributed by atoms with E-state index in [0.29, 0.717) is 33.9 Å². The zero-order chi connectivity index (χ0) is 41.1. The minimum atomic E-state index is -1.22. The lowest BCUT2D eigenvalue weighted by atomic mass is 9.92. The Kier molecular flexibility index (Phi) is 12.1. The molecule has 0 spiro atoms. The normalized spacial score (nSPS) is 16.3. The van der Waals surface area contributed by atoms with E-state index < -0.39 is 36.1 Å². The van der Waals surface area contributed by atoms with Crippen molar-refractivity contribution in [1.29, 1.82) is 0 Å². The number of hydrogen-bond donors (Lipinski definition) is 3. The Morgan fingerprint density at radius 3 is 2.33 bits per heavy atom. The van der Waals surface area contributed by atoms with Crippen LogP contribution in [0.25, 0.3) is 11.1 Å². The zero-order valence-corrected chi connectivity index (χ0v) is 34.1. The summed E-state index contributed by atoms with van der Waals surface area (Å²) in [4.78, 5) is 45.9. The molecule has 2 aliphatic rings. The number of carbonyl (C=O) groups excluding carboxylic acids is 2. The van der Waals surface area contributed by atoms with Crippen LogP contribution >= 0.6 is 23.2 Å². The van der Waals surface area contributed by atoms with E-state index in [1.807, 2.05) is 100 Å². The van der Waals surface area contributed by atoms with E-state index in [4.69, 9.17) is 37.4 Å². The maximum atomic E-state index is 14.0. The van der Waals surface area contributed by atoms with Crippen LogP contribution in [-0.4, -0.2) is 57.6 Å². The molecule has 2 aliphatic heterocycles. The summed E-state index contributed by atoms with van der Waals surface area (Å²) in [5.74, 6) is -0.00861. The van der Waals surface area contributed by atoms with Crippen LogP contribution < -0.4 is 24.8 Å². The molecular weight excluding hydrogens is 779 g/mol. The predicted octanol–water partition coefficient (Wildman–Crippen LogP) is 8.42. The molecule has 0 fully saturated rings. The molecule has 13 heteroatoms. The fourth-order valence-electron chi connectivity index (χ4n) is 7.14. The lowest BCUT2D eigenvalue weighted by Gasteiger charge is -2.38. The van der Waals surface area contributed by atoms with Crippen LogP contribution in [0.3, 0.4) is 0 Å². The van der Waals surface area contributed by atoms with Crippen molar-refractivity contribution < 1.29 is 33.7 Å². The van der Waals surface area contributed by atoms with Gasteiger partial charge < -0.3 is 34.9 Å². The van der Waals surface area contributed by atoms with Gasteiger partial charge in [0.1, 0.15) is 31.0 Å². The summed E-state index contributed by atoms with van der Waals surface area (Å²) in [6.07, 6.45) is 1.58. The molecule has 0 saturated carbocycles. The quantitative estimate of drug-likeness (QED) is 0.121. The van der Waals surface area contributed by atoms with E-state index in [-0.39, 0.29) is 32.0 Å². The van der Waals surface area contributed by atoms with E-state index in [9.17, 15) is 19.5 Å². The molecule has 0 bridgehead atoms. The van der Waals surface area contributed by atoms with Crippen molar-refractivity contribution in [3.63, 3.8) is 0 Å². The lowest BCUT2D eigenvalue weighted by molar-refractivity contribution is -0.142. The van der Waals surface area contributed by atoms with Gasteiger partial charge in [-0.15, -0.1) is 0 Å². The van der Waals surface area contributed by atoms with Crippen LogP contribution in [0.15, 0.2) is 91.1 Å².